The highest BCUT2D eigenvalue weighted by atomic mass is 35.5. The summed E-state index contributed by atoms with van der Waals surface area (Å²) in [6, 6.07) is 6.93. The lowest BCUT2D eigenvalue weighted by atomic mass is 10.2. The maximum absolute atomic E-state index is 12.6. The van der Waals surface area contributed by atoms with Crippen LogP contribution in [0.25, 0.3) is 0 Å². The van der Waals surface area contributed by atoms with Crippen LogP contribution in [0.2, 0.25) is 5.02 Å². The highest BCUT2D eigenvalue weighted by Gasteiger charge is 2.29. The molecule has 1 N–H and O–H groups in total. The normalized spacial score (nSPS) is 22.0. The molecule has 0 aliphatic carbocycles. The van der Waals surface area contributed by atoms with Crippen LogP contribution in [0.1, 0.15) is 29.6 Å². The van der Waals surface area contributed by atoms with Crippen LogP contribution in [0.5, 0.6) is 0 Å². The van der Waals surface area contributed by atoms with Crippen molar-refractivity contribution in [3.05, 3.63) is 34.9 Å². The third-order valence-corrected chi connectivity index (χ3v) is 4.80. The average molecular weight is 336 g/mol. The van der Waals surface area contributed by atoms with Gasteiger partial charge in [0.25, 0.3) is 5.91 Å². The monoisotopic (exact) mass is 335 g/mol. The number of benzene rings is 1. The van der Waals surface area contributed by atoms with Gasteiger partial charge >= 0.3 is 0 Å². The van der Waals surface area contributed by atoms with E-state index < -0.39 is 0 Å². The van der Waals surface area contributed by atoms with Crippen molar-refractivity contribution in [1.29, 1.82) is 0 Å². The van der Waals surface area contributed by atoms with E-state index >= 15 is 0 Å². The number of hydrogen-bond acceptors (Lipinski definition) is 3. The Hall–Kier alpha value is -1.59. The Kier molecular flexibility index (Phi) is 5.18. The molecule has 124 valence electrons. The zero-order valence-corrected chi connectivity index (χ0v) is 13.9. The first-order chi connectivity index (χ1) is 11.1. The standard InChI is InChI=1S/C17H22ClN3O2/c18-14-6-4-13(5-7-14)16(22)20-9-2-10-21(12-11-20)17(23)15-3-1-8-19-15/h4-7,15,19H,1-3,8-12H2. The predicted molar refractivity (Wildman–Crippen MR) is 89.6 cm³/mol. The Balaban J connectivity index is 1.60. The highest BCUT2D eigenvalue weighted by Crippen LogP contribution is 2.15. The van der Waals surface area contributed by atoms with Crippen molar-refractivity contribution in [3.8, 4) is 0 Å². The minimum absolute atomic E-state index is 0.00922. The molecule has 2 aliphatic rings. The van der Waals surface area contributed by atoms with Gasteiger partial charge in [-0.1, -0.05) is 11.6 Å². The Morgan fingerprint density at radius 2 is 1.70 bits per heavy atom. The van der Waals surface area contributed by atoms with Crippen molar-refractivity contribution < 1.29 is 9.59 Å². The van der Waals surface area contributed by atoms with E-state index in [9.17, 15) is 9.59 Å². The fourth-order valence-electron chi connectivity index (χ4n) is 3.23. The van der Waals surface area contributed by atoms with Gasteiger partial charge in [0.15, 0.2) is 0 Å². The number of nitrogens with zero attached hydrogens (tertiary/aromatic N) is 2. The van der Waals surface area contributed by atoms with Crippen LogP contribution < -0.4 is 5.32 Å². The maximum atomic E-state index is 12.6. The summed E-state index contributed by atoms with van der Waals surface area (Å²) in [4.78, 5) is 28.8. The molecule has 0 bridgehead atoms. The third-order valence-electron chi connectivity index (χ3n) is 4.54. The number of hydrogen-bond donors (Lipinski definition) is 1. The van der Waals surface area contributed by atoms with E-state index in [1.54, 1.807) is 24.3 Å². The van der Waals surface area contributed by atoms with Gasteiger partial charge in [-0.05, 0) is 50.1 Å². The Morgan fingerprint density at radius 3 is 2.39 bits per heavy atom. The van der Waals surface area contributed by atoms with Crippen LogP contribution in [0.3, 0.4) is 0 Å². The molecular weight excluding hydrogens is 314 g/mol. The van der Waals surface area contributed by atoms with Crippen molar-refractivity contribution in [2.75, 3.05) is 32.7 Å². The van der Waals surface area contributed by atoms with Gasteiger partial charge in [-0.3, -0.25) is 9.59 Å². The molecule has 23 heavy (non-hydrogen) atoms. The summed E-state index contributed by atoms with van der Waals surface area (Å²) in [6.45, 7) is 3.52. The van der Waals surface area contributed by atoms with Gasteiger partial charge < -0.3 is 15.1 Å². The first kappa shape index (κ1) is 16.3. The van der Waals surface area contributed by atoms with Crippen LogP contribution in [-0.2, 0) is 4.79 Å². The van der Waals surface area contributed by atoms with Gasteiger partial charge in [0.2, 0.25) is 5.91 Å². The summed E-state index contributed by atoms with van der Waals surface area (Å²) in [7, 11) is 0. The number of nitrogens with one attached hydrogen (secondary N) is 1. The SMILES string of the molecule is O=C(c1ccc(Cl)cc1)N1CCCN(C(=O)C2CCCN2)CC1. The summed E-state index contributed by atoms with van der Waals surface area (Å²) in [5, 5.41) is 3.88. The van der Waals surface area contributed by atoms with Crippen LogP contribution >= 0.6 is 11.6 Å². The molecule has 3 rings (SSSR count). The second-order valence-corrected chi connectivity index (χ2v) is 6.56. The van der Waals surface area contributed by atoms with Gasteiger partial charge in [0, 0.05) is 36.8 Å². The molecule has 2 amide bonds. The van der Waals surface area contributed by atoms with Crippen LogP contribution in [-0.4, -0.2) is 60.4 Å². The first-order valence-electron chi connectivity index (χ1n) is 8.22. The Bertz CT molecular complexity index is 570. The molecule has 5 nitrogen and oxygen atoms in total. The summed E-state index contributed by atoms with van der Waals surface area (Å²) >= 11 is 5.87. The number of rotatable bonds is 2. The Labute approximate surface area is 141 Å². The highest BCUT2D eigenvalue weighted by molar-refractivity contribution is 6.30. The molecular formula is C17H22ClN3O2. The van der Waals surface area contributed by atoms with Gasteiger partial charge in [-0.2, -0.15) is 0 Å². The van der Waals surface area contributed by atoms with E-state index in [2.05, 4.69) is 5.32 Å². The van der Waals surface area contributed by atoms with Gasteiger partial charge in [-0.15, -0.1) is 0 Å². The summed E-state index contributed by atoms with van der Waals surface area (Å²) in [6.07, 6.45) is 2.80. The number of amides is 2. The first-order valence-corrected chi connectivity index (χ1v) is 8.60. The molecule has 2 fully saturated rings. The molecule has 6 heteroatoms. The van der Waals surface area contributed by atoms with Crippen molar-refractivity contribution in [1.82, 2.24) is 15.1 Å². The second kappa shape index (κ2) is 7.32. The molecule has 2 heterocycles. The molecule has 0 spiro atoms. The molecule has 0 radical (unpaired) electrons. The lowest BCUT2D eigenvalue weighted by Crippen LogP contribution is -2.45. The largest absolute Gasteiger partial charge is 0.340 e. The molecule has 1 aromatic carbocycles. The molecule has 1 unspecified atom stereocenters. The van der Waals surface area contributed by atoms with E-state index in [4.69, 9.17) is 11.6 Å². The third kappa shape index (κ3) is 3.85. The number of carbonyl (C=O) groups excluding carboxylic acids is 2. The molecule has 2 saturated heterocycles. The number of carbonyl (C=O) groups is 2. The summed E-state index contributed by atoms with van der Waals surface area (Å²) in [5.41, 5.74) is 0.645. The van der Waals surface area contributed by atoms with Crippen LogP contribution in [0.4, 0.5) is 0 Å². The van der Waals surface area contributed by atoms with Crippen LogP contribution in [0.15, 0.2) is 24.3 Å². The quantitative estimate of drug-likeness (QED) is 0.896. The molecule has 0 saturated carbocycles. The van der Waals surface area contributed by atoms with E-state index in [1.807, 2.05) is 9.80 Å². The number of halogens is 1. The van der Waals surface area contributed by atoms with E-state index in [0.717, 1.165) is 32.4 Å². The topological polar surface area (TPSA) is 52.7 Å². The average Bonchev–Trinajstić information content (AvgIpc) is 2.99. The van der Waals surface area contributed by atoms with Gasteiger partial charge in [0.05, 0.1) is 6.04 Å². The lowest BCUT2D eigenvalue weighted by molar-refractivity contribution is -0.132. The van der Waals surface area contributed by atoms with Gasteiger partial charge in [-0.25, -0.2) is 0 Å². The second-order valence-electron chi connectivity index (χ2n) is 6.13. The van der Waals surface area contributed by atoms with Crippen molar-refractivity contribution >= 4 is 23.4 Å². The molecule has 0 aromatic heterocycles. The van der Waals surface area contributed by atoms with E-state index in [0.29, 0.717) is 30.2 Å². The zero-order chi connectivity index (χ0) is 16.2. The van der Waals surface area contributed by atoms with E-state index in [-0.39, 0.29) is 17.9 Å². The maximum Gasteiger partial charge on any atom is 0.253 e. The van der Waals surface area contributed by atoms with E-state index in [1.165, 1.54) is 0 Å². The lowest BCUT2D eigenvalue weighted by Gasteiger charge is -2.24. The van der Waals surface area contributed by atoms with Crippen LogP contribution in [0, 0.1) is 0 Å². The summed E-state index contributed by atoms with van der Waals surface area (Å²) in [5.74, 6) is 0.193. The van der Waals surface area contributed by atoms with Crippen molar-refractivity contribution in [3.63, 3.8) is 0 Å². The minimum Gasteiger partial charge on any atom is -0.340 e. The molecule has 2 aliphatic heterocycles. The smallest absolute Gasteiger partial charge is 0.253 e. The summed E-state index contributed by atoms with van der Waals surface area (Å²) < 4.78 is 0. The van der Waals surface area contributed by atoms with Gasteiger partial charge in [0.1, 0.15) is 0 Å². The van der Waals surface area contributed by atoms with Crippen molar-refractivity contribution in [2.24, 2.45) is 0 Å². The van der Waals surface area contributed by atoms with Crippen molar-refractivity contribution in [2.45, 2.75) is 25.3 Å². The fraction of sp³-hybridized carbons (Fsp3) is 0.529. The Morgan fingerprint density at radius 1 is 1.00 bits per heavy atom. The fourth-order valence-corrected chi connectivity index (χ4v) is 3.36. The molecule has 1 aromatic rings. The minimum atomic E-state index is -0.0338. The predicted octanol–water partition coefficient (Wildman–Crippen LogP) is 1.77. The molecule has 1 atom stereocenters. The zero-order valence-electron chi connectivity index (χ0n) is 13.1.